The minimum Gasteiger partial charge on any atom is -0.497 e. The van der Waals surface area contributed by atoms with E-state index < -0.39 is 16.1 Å². The monoisotopic (exact) mass is 316 g/mol. The smallest absolute Gasteiger partial charge is 0.241 e. The van der Waals surface area contributed by atoms with E-state index in [2.05, 4.69) is 10.0 Å². The second kappa shape index (κ2) is 7.74. The summed E-state index contributed by atoms with van der Waals surface area (Å²) in [7, 11) is -2.01. The number of benzene rings is 1. The Morgan fingerprint density at radius 2 is 1.81 bits per heavy atom. The SMILES string of the molecule is COc1cc(C)c(S(=O)(=O)NCCNCC(C)O)c(C)c1. The van der Waals surface area contributed by atoms with Gasteiger partial charge in [0, 0.05) is 19.6 Å². The average molecular weight is 316 g/mol. The van der Waals surface area contributed by atoms with E-state index in [0.717, 1.165) is 0 Å². The maximum atomic E-state index is 12.3. The van der Waals surface area contributed by atoms with Crippen molar-refractivity contribution in [3.63, 3.8) is 0 Å². The first-order valence-electron chi connectivity index (χ1n) is 6.81. The van der Waals surface area contributed by atoms with E-state index in [1.807, 2.05) is 0 Å². The molecule has 1 unspecified atom stereocenters. The van der Waals surface area contributed by atoms with Crippen molar-refractivity contribution in [2.75, 3.05) is 26.7 Å². The van der Waals surface area contributed by atoms with Crippen LogP contribution >= 0.6 is 0 Å². The van der Waals surface area contributed by atoms with Crippen LogP contribution in [0.2, 0.25) is 0 Å². The molecule has 1 aromatic rings. The third kappa shape index (κ3) is 5.28. The summed E-state index contributed by atoms with van der Waals surface area (Å²) in [6, 6.07) is 3.40. The first-order valence-corrected chi connectivity index (χ1v) is 8.30. The molecule has 6 nitrogen and oxygen atoms in total. The van der Waals surface area contributed by atoms with Gasteiger partial charge in [0.15, 0.2) is 0 Å². The third-order valence-electron chi connectivity index (χ3n) is 2.97. The number of aryl methyl sites for hydroxylation is 2. The Hall–Kier alpha value is -1.15. The van der Waals surface area contributed by atoms with Gasteiger partial charge in [0.05, 0.1) is 18.1 Å². The summed E-state index contributed by atoms with van der Waals surface area (Å²) < 4.78 is 32.4. The number of hydrogen-bond acceptors (Lipinski definition) is 5. The maximum absolute atomic E-state index is 12.3. The molecular weight excluding hydrogens is 292 g/mol. The molecule has 0 spiro atoms. The maximum Gasteiger partial charge on any atom is 0.241 e. The van der Waals surface area contributed by atoms with Gasteiger partial charge in [0.2, 0.25) is 10.0 Å². The Kier molecular flexibility index (Phi) is 6.60. The lowest BCUT2D eigenvalue weighted by Gasteiger charge is -2.14. The lowest BCUT2D eigenvalue weighted by Crippen LogP contribution is -2.35. The fourth-order valence-electron chi connectivity index (χ4n) is 2.11. The summed E-state index contributed by atoms with van der Waals surface area (Å²) in [5.41, 5.74) is 1.30. The molecule has 21 heavy (non-hydrogen) atoms. The minimum absolute atomic E-state index is 0.264. The zero-order chi connectivity index (χ0) is 16.0. The zero-order valence-corrected chi connectivity index (χ0v) is 13.8. The van der Waals surface area contributed by atoms with E-state index in [4.69, 9.17) is 9.84 Å². The van der Waals surface area contributed by atoms with Gasteiger partial charge in [-0.15, -0.1) is 0 Å². The van der Waals surface area contributed by atoms with Gasteiger partial charge in [-0.2, -0.15) is 0 Å². The third-order valence-corrected chi connectivity index (χ3v) is 4.74. The Morgan fingerprint density at radius 1 is 1.24 bits per heavy atom. The molecule has 0 radical (unpaired) electrons. The number of hydrogen-bond donors (Lipinski definition) is 3. The molecule has 1 aromatic carbocycles. The van der Waals surface area contributed by atoms with Gasteiger partial charge in [0.1, 0.15) is 5.75 Å². The molecule has 0 aromatic heterocycles. The number of rotatable bonds is 8. The van der Waals surface area contributed by atoms with Crippen molar-refractivity contribution in [2.24, 2.45) is 0 Å². The van der Waals surface area contributed by atoms with Gasteiger partial charge >= 0.3 is 0 Å². The van der Waals surface area contributed by atoms with Crippen LogP contribution in [-0.4, -0.2) is 46.4 Å². The fourth-order valence-corrected chi connectivity index (χ4v) is 3.59. The van der Waals surface area contributed by atoms with Crippen molar-refractivity contribution in [3.05, 3.63) is 23.3 Å². The second-order valence-electron chi connectivity index (χ2n) is 5.04. The molecular formula is C14H24N2O4S. The minimum atomic E-state index is -3.56. The molecule has 0 aliphatic carbocycles. The van der Waals surface area contributed by atoms with Crippen molar-refractivity contribution in [1.82, 2.24) is 10.0 Å². The molecule has 0 fully saturated rings. The van der Waals surface area contributed by atoms with Gasteiger partial charge in [-0.3, -0.25) is 0 Å². The van der Waals surface area contributed by atoms with E-state index in [1.54, 1.807) is 40.0 Å². The first kappa shape index (κ1) is 17.9. The molecule has 0 heterocycles. The van der Waals surface area contributed by atoms with E-state index in [0.29, 0.717) is 34.9 Å². The van der Waals surface area contributed by atoms with Crippen molar-refractivity contribution in [1.29, 1.82) is 0 Å². The predicted molar refractivity (Wildman–Crippen MR) is 82.2 cm³/mol. The molecule has 0 aliphatic rings. The molecule has 120 valence electrons. The highest BCUT2D eigenvalue weighted by Gasteiger charge is 2.19. The van der Waals surface area contributed by atoms with Gasteiger partial charge in [-0.05, 0) is 44.0 Å². The van der Waals surface area contributed by atoms with Gasteiger partial charge in [-0.25, -0.2) is 13.1 Å². The summed E-state index contributed by atoms with van der Waals surface area (Å²) in [4.78, 5) is 0.291. The largest absolute Gasteiger partial charge is 0.497 e. The Morgan fingerprint density at radius 3 is 2.29 bits per heavy atom. The Balaban J connectivity index is 2.75. The molecule has 1 rings (SSSR count). The van der Waals surface area contributed by atoms with E-state index >= 15 is 0 Å². The molecule has 0 bridgehead atoms. The number of methoxy groups -OCH3 is 1. The number of aliphatic hydroxyl groups excluding tert-OH is 1. The van der Waals surface area contributed by atoms with Crippen LogP contribution in [0, 0.1) is 13.8 Å². The number of sulfonamides is 1. The lowest BCUT2D eigenvalue weighted by atomic mass is 10.1. The van der Waals surface area contributed by atoms with Crippen LogP contribution in [0.5, 0.6) is 5.75 Å². The highest BCUT2D eigenvalue weighted by Crippen LogP contribution is 2.25. The molecule has 7 heteroatoms. The Bertz CT molecular complexity index is 547. The molecule has 0 saturated heterocycles. The number of nitrogens with one attached hydrogen (secondary N) is 2. The van der Waals surface area contributed by atoms with Gasteiger partial charge in [-0.1, -0.05) is 0 Å². The van der Waals surface area contributed by atoms with E-state index in [-0.39, 0.29) is 6.54 Å². The molecule has 0 amide bonds. The predicted octanol–water partition coefficient (Wildman–Crippen LogP) is 0.561. The highest BCUT2D eigenvalue weighted by atomic mass is 32.2. The van der Waals surface area contributed by atoms with Crippen LogP contribution in [0.15, 0.2) is 17.0 Å². The van der Waals surface area contributed by atoms with Crippen molar-refractivity contribution in [3.8, 4) is 5.75 Å². The van der Waals surface area contributed by atoms with E-state index in [9.17, 15) is 8.42 Å². The second-order valence-corrected chi connectivity index (χ2v) is 6.75. The molecule has 3 N–H and O–H groups in total. The van der Waals surface area contributed by atoms with Crippen LogP contribution in [0.1, 0.15) is 18.1 Å². The van der Waals surface area contributed by atoms with Crippen LogP contribution in [-0.2, 0) is 10.0 Å². The summed E-state index contributed by atoms with van der Waals surface area (Å²) in [5.74, 6) is 0.641. The van der Waals surface area contributed by atoms with Crippen molar-refractivity contribution in [2.45, 2.75) is 31.8 Å². The summed E-state index contributed by atoms with van der Waals surface area (Å²) in [5, 5.41) is 12.1. The molecule has 1 atom stereocenters. The van der Waals surface area contributed by atoms with Crippen molar-refractivity contribution < 1.29 is 18.3 Å². The summed E-state index contributed by atoms with van der Waals surface area (Å²) >= 11 is 0. The first-order chi connectivity index (χ1) is 9.77. The van der Waals surface area contributed by atoms with Gasteiger partial charge in [0.25, 0.3) is 0 Å². The number of ether oxygens (including phenoxy) is 1. The quantitative estimate of drug-likeness (QED) is 0.610. The van der Waals surface area contributed by atoms with Gasteiger partial charge < -0.3 is 15.2 Å². The van der Waals surface area contributed by atoms with E-state index in [1.165, 1.54) is 0 Å². The van der Waals surface area contributed by atoms with Crippen LogP contribution in [0.3, 0.4) is 0 Å². The zero-order valence-electron chi connectivity index (χ0n) is 12.9. The van der Waals surface area contributed by atoms with Crippen molar-refractivity contribution >= 4 is 10.0 Å². The highest BCUT2D eigenvalue weighted by molar-refractivity contribution is 7.89. The molecule has 0 saturated carbocycles. The van der Waals surface area contributed by atoms with Crippen LogP contribution in [0.4, 0.5) is 0 Å². The fraction of sp³-hybridized carbons (Fsp3) is 0.571. The number of aliphatic hydroxyl groups is 1. The average Bonchev–Trinajstić information content (AvgIpc) is 2.36. The normalized spacial score (nSPS) is 13.2. The summed E-state index contributed by atoms with van der Waals surface area (Å²) in [6.45, 7) is 6.31. The van der Waals surface area contributed by atoms with Crippen LogP contribution in [0.25, 0.3) is 0 Å². The van der Waals surface area contributed by atoms with Crippen LogP contribution < -0.4 is 14.8 Å². The summed E-state index contributed by atoms with van der Waals surface area (Å²) in [6.07, 6.45) is -0.451. The molecule has 0 aliphatic heterocycles. The Labute approximate surface area is 126 Å². The standard InChI is InChI=1S/C14H24N2O4S/c1-10-7-13(20-4)8-11(2)14(10)21(18,19)16-6-5-15-9-12(3)17/h7-8,12,15-17H,5-6,9H2,1-4H3. The lowest BCUT2D eigenvalue weighted by molar-refractivity contribution is 0.192. The topological polar surface area (TPSA) is 87.7 Å².